The van der Waals surface area contributed by atoms with Crippen molar-refractivity contribution in [3.05, 3.63) is 65.7 Å². The zero-order valence-electron chi connectivity index (χ0n) is 24.1. The Labute approximate surface area is 238 Å². The Morgan fingerprint density at radius 2 is 1.70 bits per heavy atom. The molecule has 214 valence electrons. The largest absolute Gasteiger partial charge is 0.369 e. The first-order valence-electron chi connectivity index (χ1n) is 14.9. The Balaban J connectivity index is 1.73. The lowest BCUT2D eigenvalue weighted by Crippen LogP contribution is -2.51. The Bertz CT molecular complexity index is 1200. The number of hydrogen-bond donors (Lipinski definition) is 2. The maximum Gasteiger partial charge on any atom is 0.272 e. The molecule has 2 aromatic carbocycles. The first-order valence-corrected chi connectivity index (χ1v) is 14.9. The normalized spacial score (nSPS) is 19.1. The van der Waals surface area contributed by atoms with E-state index in [0.29, 0.717) is 31.0 Å². The van der Waals surface area contributed by atoms with E-state index in [-0.39, 0.29) is 17.7 Å². The van der Waals surface area contributed by atoms with Crippen molar-refractivity contribution in [1.29, 1.82) is 0 Å². The highest BCUT2D eigenvalue weighted by Crippen LogP contribution is 2.32. The summed E-state index contributed by atoms with van der Waals surface area (Å²) in [7, 11) is 0. The van der Waals surface area contributed by atoms with Gasteiger partial charge in [-0.3, -0.25) is 14.4 Å². The predicted octanol–water partition coefficient (Wildman–Crippen LogP) is 5.46. The Morgan fingerprint density at radius 3 is 2.35 bits per heavy atom. The lowest BCUT2D eigenvalue weighted by atomic mass is 9.81. The molecule has 3 N–H and O–H groups in total. The molecule has 1 aliphatic heterocycles. The van der Waals surface area contributed by atoms with Gasteiger partial charge in [-0.2, -0.15) is 0 Å². The van der Waals surface area contributed by atoms with Gasteiger partial charge in [-0.05, 0) is 37.2 Å². The van der Waals surface area contributed by atoms with Crippen LogP contribution in [0.4, 0.5) is 5.69 Å². The Morgan fingerprint density at radius 1 is 1.02 bits per heavy atom. The van der Waals surface area contributed by atoms with E-state index in [1.54, 1.807) is 0 Å². The molecule has 1 heterocycles. The molecule has 1 fully saturated rings. The number of primary amides is 1. The van der Waals surface area contributed by atoms with Crippen molar-refractivity contribution in [2.24, 2.45) is 34.4 Å². The van der Waals surface area contributed by atoms with Crippen molar-refractivity contribution in [2.75, 3.05) is 11.4 Å². The van der Waals surface area contributed by atoms with E-state index in [4.69, 9.17) is 10.7 Å². The van der Waals surface area contributed by atoms with Gasteiger partial charge >= 0.3 is 0 Å². The highest BCUT2D eigenvalue weighted by atomic mass is 16.2. The number of carbonyl (C=O) groups excluding carboxylic acids is 3. The van der Waals surface area contributed by atoms with E-state index < -0.39 is 23.9 Å². The van der Waals surface area contributed by atoms with E-state index in [9.17, 15) is 14.4 Å². The van der Waals surface area contributed by atoms with Gasteiger partial charge in [-0.1, -0.05) is 101 Å². The van der Waals surface area contributed by atoms with Crippen LogP contribution in [-0.4, -0.2) is 36.1 Å². The van der Waals surface area contributed by atoms with Crippen molar-refractivity contribution in [1.82, 2.24) is 5.32 Å². The minimum atomic E-state index is -1.11. The van der Waals surface area contributed by atoms with Gasteiger partial charge in [0.15, 0.2) is 0 Å². The number of benzene rings is 2. The summed E-state index contributed by atoms with van der Waals surface area (Å²) in [5, 5.41) is 2.97. The van der Waals surface area contributed by atoms with Crippen LogP contribution in [0.25, 0.3) is 0 Å². The second-order valence-electron chi connectivity index (χ2n) is 11.7. The number of nitrogens with zero attached hydrogens (tertiary/aromatic N) is 2. The molecule has 3 amide bonds. The van der Waals surface area contributed by atoms with Crippen molar-refractivity contribution >= 4 is 29.1 Å². The average molecular weight is 545 g/mol. The van der Waals surface area contributed by atoms with E-state index >= 15 is 0 Å². The molecular formula is C33H44N4O3. The average Bonchev–Trinajstić information content (AvgIpc) is 3.43. The minimum Gasteiger partial charge on any atom is -0.369 e. The molecule has 3 atom stereocenters. The van der Waals surface area contributed by atoms with E-state index in [1.165, 1.54) is 25.7 Å². The maximum atomic E-state index is 14.2. The number of amides is 3. The fourth-order valence-corrected chi connectivity index (χ4v) is 6.25. The summed E-state index contributed by atoms with van der Waals surface area (Å²) in [6, 6.07) is 17.6. The van der Waals surface area contributed by atoms with Gasteiger partial charge in [0.25, 0.3) is 5.91 Å². The van der Waals surface area contributed by atoms with Crippen molar-refractivity contribution in [3.63, 3.8) is 0 Å². The zero-order chi connectivity index (χ0) is 28.6. The van der Waals surface area contributed by atoms with Gasteiger partial charge in [0.1, 0.15) is 0 Å². The van der Waals surface area contributed by atoms with Crippen molar-refractivity contribution in [2.45, 2.75) is 78.3 Å². The van der Waals surface area contributed by atoms with Gasteiger partial charge in [-0.15, -0.1) is 0 Å². The molecule has 7 heteroatoms. The predicted molar refractivity (Wildman–Crippen MR) is 160 cm³/mol. The topological polar surface area (TPSA) is 105 Å². The summed E-state index contributed by atoms with van der Waals surface area (Å²) in [6.45, 7) is 6.59. The summed E-state index contributed by atoms with van der Waals surface area (Å²) in [6.07, 6.45) is 6.43. The number of anilines is 1. The fourth-order valence-electron chi connectivity index (χ4n) is 6.25. The molecular weight excluding hydrogens is 500 g/mol. The number of nitrogens with one attached hydrogen (secondary N) is 1. The second kappa shape index (κ2) is 13.7. The Kier molecular flexibility index (Phi) is 10.1. The zero-order valence-corrected chi connectivity index (χ0v) is 24.1. The monoisotopic (exact) mass is 544 g/mol. The number of rotatable bonds is 12. The van der Waals surface area contributed by atoms with Crippen LogP contribution in [0.5, 0.6) is 0 Å². The quantitative estimate of drug-likeness (QED) is 0.371. The summed E-state index contributed by atoms with van der Waals surface area (Å²) >= 11 is 0. The number of hydrogen-bond acceptors (Lipinski definition) is 4. The lowest BCUT2D eigenvalue weighted by molar-refractivity contribution is -0.136. The number of benzodiazepines with no additional fused rings is 1. The number of para-hydroxylation sites is 1. The highest BCUT2D eigenvalue weighted by Gasteiger charge is 2.37. The SMILES string of the molecule is CCCC(C(N)=O)C(CC(C)C)C(=O)NC1N=C(c2ccccc2)c2ccccc2N(CCC2CCCC2)C1=O. The molecule has 0 aromatic heterocycles. The molecule has 0 bridgehead atoms. The number of aliphatic imine (C=N–C) groups is 1. The van der Waals surface area contributed by atoms with Crippen LogP contribution in [-0.2, 0) is 14.4 Å². The van der Waals surface area contributed by atoms with E-state index in [2.05, 4.69) is 5.32 Å². The van der Waals surface area contributed by atoms with Crippen molar-refractivity contribution < 1.29 is 14.4 Å². The summed E-state index contributed by atoms with van der Waals surface area (Å²) < 4.78 is 0. The second-order valence-corrected chi connectivity index (χ2v) is 11.7. The van der Waals surface area contributed by atoms with Crippen LogP contribution < -0.4 is 16.0 Å². The van der Waals surface area contributed by atoms with Gasteiger partial charge < -0.3 is 16.0 Å². The summed E-state index contributed by atoms with van der Waals surface area (Å²) in [5.41, 5.74) is 8.99. The third kappa shape index (κ3) is 6.98. The first kappa shape index (κ1) is 29.5. The van der Waals surface area contributed by atoms with Gasteiger partial charge in [0.2, 0.25) is 18.0 Å². The third-order valence-corrected chi connectivity index (χ3v) is 8.28. The number of fused-ring (bicyclic) bond motifs is 1. The minimum absolute atomic E-state index is 0.176. The van der Waals surface area contributed by atoms with Crippen LogP contribution in [0.2, 0.25) is 0 Å². The molecule has 1 aliphatic carbocycles. The smallest absolute Gasteiger partial charge is 0.272 e. The molecule has 7 nitrogen and oxygen atoms in total. The van der Waals surface area contributed by atoms with E-state index in [1.807, 2.05) is 80.3 Å². The Hall–Kier alpha value is -3.48. The molecule has 0 saturated heterocycles. The third-order valence-electron chi connectivity index (χ3n) is 8.28. The number of nitrogens with two attached hydrogens (primary N) is 1. The molecule has 2 aromatic rings. The summed E-state index contributed by atoms with van der Waals surface area (Å²) in [4.78, 5) is 47.2. The van der Waals surface area contributed by atoms with E-state index in [0.717, 1.165) is 29.7 Å². The van der Waals surface area contributed by atoms with Gasteiger partial charge in [-0.25, -0.2) is 4.99 Å². The molecule has 0 spiro atoms. The van der Waals surface area contributed by atoms with Crippen LogP contribution in [0.15, 0.2) is 59.6 Å². The van der Waals surface area contributed by atoms with Crippen LogP contribution >= 0.6 is 0 Å². The molecule has 3 unspecified atom stereocenters. The standard InChI is InChI=1S/C33H44N4O3/c1-4-12-25(30(34)38)27(21-22(2)3)32(39)36-31-33(40)37(20-19-23-13-8-9-14-23)28-18-11-10-17-26(28)29(35-31)24-15-6-5-7-16-24/h5-7,10-11,15-18,22-23,25,27,31H,4,8-9,12-14,19-21H2,1-3H3,(H2,34,38)(H,36,39). The van der Waals surface area contributed by atoms with Gasteiger partial charge in [0, 0.05) is 29.5 Å². The lowest BCUT2D eigenvalue weighted by Gasteiger charge is -2.29. The molecule has 2 aliphatic rings. The molecule has 0 radical (unpaired) electrons. The highest BCUT2D eigenvalue weighted by molar-refractivity contribution is 6.20. The van der Waals surface area contributed by atoms with Crippen LogP contribution in [0, 0.1) is 23.7 Å². The number of carbonyl (C=O) groups is 3. The van der Waals surface area contributed by atoms with Crippen LogP contribution in [0.1, 0.15) is 83.3 Å². The maximum absolute atomic E-state index is 14.2. The van der Waals surface area contributed by atoms with Crippen molar-refractivity contribution in [3.8, 4) is 0 Å². The van der Waals surface area contributed by atoms with Gasteiger partial charge in [0.05, 0.1) is 11.4 Å². The summed E-state index contributed by atoms with van der Waals surface area (Å²) in [5.74, 6) is -1.52. The molecule has 40 heavy (non-hydrogen) atoms. The molecule has 4 rings (SSSR count). The first-order chi connectivity index (χ1) is 19.3. The van der Waals surface area contributed by atoms with Crippen LogP contribution in [0.3, 0.4) is 0 Å². The fraction of sp³-hybridized carbons (Fsp3) is 0.515. The molecule has 1 saturated carbocycles.